The van der Waals surface area contributed by atoms with Crippen LogP contribution in [0, 0.1) is 6.92 Å². The molecule has 0 aliphatic heterocycles. The summed E-state index contributed by atoms with van der Waals surface area (Å²) in [5.41, 5.74) is 2.17. The van der Waals surface area contributed by atoms with Gasteiger partial charge in [0.1, 0.15) is 5.75 Å². The maximum absolute atomic E-state index is 12.4. The number of carbonyl (C=O) groups excluding carboxylic acids is 1. The van der Waals surface area contributed by atoms with E-state index in [1.165, 1.54) is 0 Å². The molecule has 0 aliphatic rings. The van der Waals surface area contributed by atoms with Crippen LogP contribution in [0.25, 0.3) is 0 Å². The summed E-state index contributed by atoms with van der Waals surface area (Å²) in [5.74, 6) is 0.704. The van der Waals surface area contributed by atoms with Crippen LogP contribution in [-0.4, -0.2) is 12.4 Å². The lowest BCUT2D eigenvalue weighted by Gasteiger charge is -2.07. The van der Waals surface area contributed by atoms with Crippen molar-refractivity contribution in [2.75, 3.05) is 6.61 Å². The molecule has 0 saturated carbocycles. The maximum atomic E-state index is 12.4. The fourth-order valence-electron chi connectivity index (χ4n) is 1.88. The average molecular weight is 289 g/mol. The van der Waals surface area contributed by atoms with E-state index in [9.17, 15) is 4.79 Å². The highest BCUT2D eigenvalue weighted by Crippen LogP contribution is 2.22. The van der Waals surface area contributed by atoms with Crippen molar-refractivity contribution in [2.45, 2.75) is 20.3 Å². The van der Waals surface area contributed by atoms with Crippen molar-refractivity contribution in [1.82, 2.24) is 0 Å². The lowest BCUT2D eigenvalue weighted by molar-refractivity contribution is 0.103. The van der Waals surface area contributed by atoms with Crippen molar-refractivity contribution < 1.29 is 9.53 Å². The number of rotatable bonds is 5. The molecule has 0 unspecified atom stereocenters. The van der Waals surface area contributed by atoms with Crippen LogP contribution in [0.3, 0.4) is 0 Å². The van der Waals surface area contributed by atoms with Crippen molar-refractivity contribution in [3.8, 4) is 5.75 Å². The Kier molecular flexibility index (Phi) is 4.80. The van der Waals surface area contributed by atoms with Gasteiger partial charge in [-0.05, 0) is 55.3 Å². The van der Waals surface area contributed by atoms with Gasteiger partial charge in [-0.1, -0.05) is 24.6 Å². The number of hydrogen-bond donors (Lipinski definition) is 0. The van der Waals surface area contributed by atoms with Gasteiger partial charge in [0.2, 0.25) is 0 Å². The van der Waals surface area contributed by atoms with Crippen LogP contribution in [0.5, 0.6) is 5.75 Å². The third-order valence-corrected chi connectivity index (χ3v) is 3.27. The average Bonchev–Trinajstić information content (AvgIpc) is 2.45. The molecule has 0 spiro atoms. The highest BCUT2D eigenvalue weighted by Gasteiger charge is 2.12. The first-order chi connectivity index (χ1) is 9.61. The quantitative estimate of drug-likeness (QED) is 0.748. The summed E-state index contributed by atoms with van der Waals surface area (Å²) in [4.78, 5) is 12.4. The Morgan fingerprint density at radius 2 is 1.85 bits per heavy atom. The minimum atomic E-state index is -0.0722. The summed E-state index contributed by atoms with van der Waals surface area (Å²) in [7, 11) is 0. The van der Waals surface area contributed by atoms with Gasteiger partial charge in [-0.3, -0.25) is 4.79 Å². The van der Waals surface area contributed by atoms with E-state index in [4.69, 9.17) is 16.3 Å². The normalized spacial score (nSPS) is 10.3. The maximum Gasteiger partial charge on any atom is 0.194 e. The van der Waals surface area contributed by atoms with Crippen molar-refractivity contribution in [1.29, 1.82) is 0 Å². The molecule has 2 rings (SSSR count). The van der Waals surface area contributed by atoms with Crippen LogP contribution in [0.1, 0.15) is 34.8 Å². The van der Waals surface area contributed by atoms with Gasteiger partial charge in [-0.15, -0.1) is 0 Å². The van der Waals surface area contributed by atoms with Crippen LogP contribution >= 0.6 is 11.6 Å². The van der Waals surface area contributed by atoms with E-state index in [1.807, 2.05) is 25.1 Å². The topological polar surface area (TPSA) is 26.3 Å². The molecular formula is C17H17ClO2. The largest absolute Gasteiger partial charge is 0.494 e. The van der Waals surface area contributed by atoms with Gasteiger partial charge < -0.3 is 4.74 Å². The van der Waals surface area contributed by atoms with Crippen LogP contribution in [0.15, 0.2) is 42.5 Å². The number of hydrogen-bond acceptors (Lipinski definition) is 2. The molecule has 3 heteroatoms. The standard InChI is InChI=1S/C17H17ClO2/c1-3-10-20-14-7-5-13(6-8-14)17(19)15-9-4-12(2)11-16(15)18/h4-9,11H,3,10H2,1-2H3. The number of carbonyl (C=O) groups is 1. The molecule has 2 nitrogen and oxygen atoms in total. The van der Waals surface area contributed by atoms with E-state index < -0.39 is 0 Å². The summed E-state index contributed by atoms with van der Waals surface area (Å²) < 4.78 is 5.50. The SMILES string of the molecule is CCCOc1ccc(C(=O)c2ccc(C)cc2Cl)cc1. The third-order valence-electron chi connectivity index (χ3n) is 2.96. The van der Waals surface area contributed by atoms with Crippen LogP contribution < -0.4 is 4.74 Å². The highest BCUT2D eigenvalue weighted by atomic mass is 35.5. The van der Waals surface area contributed by atoms with Gasteiger partial charge in [0.05, 0.1) is 11.6 Å². The second-order valence-corrected chi connectivity index (χ2v) is 5.09. The molecule has 0 N–H and O–H groups in total. The van der Waals surface area contributed by atoms with E-state index in [0.717, 1.165) is 17.7 Å². The van der Waals surface area contributed by atoms with E-state index >= 15 is 0 Å². The molecule has 0 saturated heterocycles. The Bertz CT molecular complexity index is 603. The Balaban J connectivity index is 2.20. The van der Waals surface area contributed by atoms with Gasteiger partial charge in [-0.25, -0.2) is 0 Å². The molecular weight excluding hydrogens is 272 g/mol. The molecule has 0 heterocycles. The van der Waals surface area contributed by atoms with Gasteiger partial charge >= 0.3 is 0 Å². The minimum Gasteiger partial charge on any atom is -0.494 e. The highest BCUT2D eigenvalue weighted by molar-refractivity contribution is 6.35. The second-order valence-electron chi connectivity index (χ2n) is 4.69. The number of benzene rings is 2. The molecule has 20 heavy (non-hydrogen) atoms. The molecule has 104 valence electrons. The van der Waals surface area contributed by atoms with Gasteiger partial charge in [0, 0.05) is 11.1 Å². The first kappa shape index (κ1) is 14.6. The van der Waals surface area contributed by atoms with Crippen molar-refractivity contribution in [2.24, 2.45) is 0 Å². The van der Waals surface area contributed by atoms with Gasteiger partial charge in [0.15, 0.2) is 5.78 Å². The van der Waals surface area contributed by atoms with E-state index in [2.05, 4.69) is 6.92 Å². The molecule has 0 aromatic heterocycles. The molecule has 2 aromatic rings. The van der Waals surface area contributed by atoms with E-state index in [0.29, 0.717) is 22.8 Å². The van der Waals surface area contributed by atoms with Gasteiger partial charge in [0.25, 0.3) is 0 Å². The first-order valence-electron chi connectivity index (χ1n) is 6.65. The Labute approximate surface area is 124 Å². The number of halogens is 1. The molecule has 0 amide bonds. The lowest BCUT2D eigenvalue weighted by Crippen LogP contribution is -2.03. The predicted octanol–water partition coefficient (Wildman–Crippen LogP) is 4.67. The summed E-state index contributed by atoms with van der Waals surface area (Å²) in [6, 6.07) is 12.6. The van der Waals surface area contributed by atoms with Crippen LogP contribution in [0.2, 0.25) is 5.02 Å². The summed E-state index contributed by atoms with van der Waals surface area (Å²) in [6.07, 6.45) is 0.958. The Hall–Kier alpha value is -1.80. The molecule has 0 aliphatic carbocycles. The Morgan fingerprint density at radius 3 is 2.45 bits per heavy atom. The summed E-state index contributed by atoms with van der Waals surface area (Å²) in [6.45, 7) is 4.67. The van der Waals surface area contributed by atoms with Gasteiger partial charge in [-0.2, -0.15) is 0 Å². The number of ether oxygens (including phenoxy) is 1. The van der Waals surface area contributed by atoms with E-state index in [-0.39, 0.29) is 5.78 Å². The van der Waals surface area contributed by atoms with Crippen LogP contribution in [0.4, 0.5) is 0 Å². The summed E-state index contributed by atoms with van der Waals surface area (Å²) in [5, 5.41) is 0.487. The predicted molar refractivity (Wildman–Crippen MR) is 81.8 cm³/mol. The van der Waals surface area contributed by atoms with Crippen molar-refractivity contribution >= 4 is 17.4 Å². The molecule has 0 radical (unpaired) electrons. The molecule has 0 fully saturated rings. The summed E-state index contributed by atoms with van der Waals surface area (Å²) >= 11 is 6.13. The third kappa shape index (κ3) is 3.40. The number of ketones is 1. The van der Waals surface area contributed by atoms with E-state index in [1.54, 1.807) is 24.3 Å². The molecule has 0 bridgehead atoms. The Morgan fingerprint density at radius 1 is 1.15 bits per heavy atom. The van der Waals surface area contributed by atoms with Crippen LogP contribution in [-0.2, 0) is 0 Å². The monoisotopic (exact) mass is 288 g/mol. The molecule has 0 atom stereocenters. The number of aryl methyl sites for hydroxylation is 1. The fraction of sp³-hybridized carbons (Fsp3) is 0.235. The fourth-order valence-corrected chi connectivity index (χ4v) is 2.20. The zero-order chi connectivity index (χ0) is 14.5. The first-order valence-corrected chi connectivity index (χ1v) is 7.03. The minimum absolute atomic E-state index is 0.0722. The zero-order valence-electron chi connectivity index (χ0n) is 11.7. The smallest absolute Gasteiger partial charge is 0.194 e. The lowest BCUT2D eigenvalue weighted by atomic mass is 10.0. The zero-order valence-corrected chi connectivity index (χ0v) is 12.4. The second kappa shape index (κ2) is 6.58. The van der Waals surface area contributed by atoms with Crippen molar-refractivity contribution in [3.63, 3.8) is 0 Å². The molecule has 2 aromatic carbocycles. The van der Waals surface area contributed by atoms with Crippen molar-refractivity contribution in [3.05, 3.63) is 64.2 Å².